The summed E-state index contributed by atoms with van der Waals surface area (Å²) in [6.45, 7) is 5.35. The normalized spacial score (nSPS) is 22.5. The maximum atomic E-state index is 12.9. The molecule has 8 heteroatoms. The van der Waals surface area contributed by atoms with Crippen LogP contribution in [-0.4, -0.2) is 79.3 Å². The number of aliphatic imine (C=N–C) groups is 1. The van der Waals surface area contributed by atoms with E-state index in [0.29, 0.717) is 12.2 Å². The molecule has 0 saturated carbocycles. The Balaban J connectivity index is 1.69. The third kappa shape index (κ3) is 3.98. The molecule has 0 spiro atoms. The van der Waals surface area contributed by atoms with E-state index in [2.05, 4.69) is 15.2 Å². The van der Waals surface area contributed by atoms with Gasteiger partial charge in [0.25, 0.3) is 5.91 Å². The maximum Gasteiger partial charge on any atom is 0.251 e. The first-order chi connectivity index (χ1) is 12.6. The second-order valence-electron chi connectivity index (χ2n) is 6.31. The van der Waals surface area contributed by atoms with Crippen molar-refractivity contribution in [3.05, 3.63) is 30.3 Å². The Morgan fingerprint density at radius 2 is 1.88 bits per heavy atom. The smallest absolute Gasteiger partial charge is 0.251 e. The largest absolute Gasteiger partial charge is 0.314 e. The molecule has 2 aliphatic rings. The number of hydrogen-bond acceptors (Lipinski definition) is 6. The number of nitrogens with zero attached hydrogens (tertiary/aromatic N) is 4. The standard InChI is InChI=1S/C18H23N5O2S/c1-21-16(24)15(13-20-9-12-22-10-7-19-8-11-22)17(25)23(18(21)26)14-5-3-2-4-6-14/h2-6,13,15,19H,7-12H2,1H3/t15-/m1/s1. The molecule has 7 nitrogen and oxygen atoms in total. The molecule has 0 unspecified atom stereocenters. The van der Waals surface area contributed by atoms with E-state index in [4.69, 9.17) is 12.2 Å². The lowest BCUT2D eigenvalue weighted by Gasteiger charge is -2.36. The van der Waals surface area contributed by atoms with Gasteiger partial charge in [-0.15, -0.1) is 0 Å². The fourth-order valence-electron chi connectivity index (χ4n) is 3.05. The van der Waals surface area contributed by atoms with Gasteiger partial charge in [-0.1, -0.05) is 18.2 Å². The van der Waals surface area contributed by atoms with Crippen molar-refractivity contribution in [1.82, 2.24) is 15.1 Å². The Morgan fingerprint density at radius 1 is 1.19 bits per heavy atom. The van der Waals surface area contributed by atoms with Crippen LogP contribution in [0.2, 0.25) is 0 Å². The second-order valence-corrected chi connectivity index (χ2v) is 6.68. The third-order valence-electron chi connectivity index (χ3n) is 4.59. The van der Waals surface area contributed by atoms with E-state index in [1.807, 2.05) is 18.2 Å². The van der Waals surface area contributed by atoms with Gasteiger partial charge in [0.2, 0.25) is 5.91 Å². The zero-order chi connectivity index (χ0) is 18.5. The minimum Gasteiger partial charge on any atom is -0.314 e. The average molecular weight is 373 g/mol. The van der Waals surface area contributed by atoms with Gasteiger partial charge in [0.1, 0.15) is 0 Å². The van der Waals surface area contributed by atoms with Crippen molar-refractivity contribution in [3.8, 4) is 0 Å². The van der Waals surface area contributed by atoms with E-state index in [9.17, 15) is 9.59 Å². The van der Waals surface area contributed by atoms with Gasteiger partial charge in [0, 0.05) is 46.0 Å². The number of thiocarbonyl (C=S) groups is 1. The van der Waals surface area contributed by atoms with Crippen molar-refractivity contribution in [3.63, 3.8) is 0 Å². The molecule has 0 radical (unpaired) electrons. The van der Waals surface area contributed by atoms with Gasteiger partial charge < -0.3 is 5.32 Å². The highest BCUT2D eigenvalue weighted by Gasteiger charge is 2.41. The molecule has 1 aromatic carbocycles. The van der Waals surface area contributed by atoms with Gasteiger partial charge >= 0.3 is 0 Å². The lowest BCUT2D eigenvalue weighted by molar-refractivity contribution is -0.135. The number of anilines is 1. The summed E-state index contributed by atoms with van der Waals surface area (Å²) in [5.41, 5.74) is 0.654. The van der Waals surface area contributed by atoms with Gasteiger partial charge in [-0.2, -0.15) is 0 Å². The van der Waals surface area contributed by atoms with Crippen LogP contribution in [0.15, 0.2) is 35.3 Å². The van der Waals surface area contributed by atoms with Gasteiger partial charge in [0.15, 0.2) is 11.0 Å². The van der Waals surface area contributed by atoms with Crippen LogP contribution < -0.4 is 10.2 Å². The fraction of sp³-hybridized carbons (Fsp3) is 0.444. The van der Waals surface area contributed by atoms with E-state index < -0.39 is 5.92 Å². The summed E-state index contributed by atoms with van der Waals surface area (Å²) < 4.78 is 0. The van der Waals surface area contributed by atoms with Crippen molar-refractivity contribution < 1.29 is 9.59 Å². The number of carbonyl (C=O) groups excluding carboxylic acids is 2. The van der Waals surface area contributed by atoms with Crippen LogP contribution >= 0.6 is 12.2 Å². The molecule has 2 fully saturated rings. The van der Waals surface area contributed by atoms with Crippen LogP contribution in [0.5, 0.6) is 0 Å². The van der Waals surface area contributed by atoms with E-state index in [0.717, 1.165) is 32.7 Å². The predicted octanol–water partition coefficient (Wildman–Crippen LogP) is 0.369. The van der Waals surface area contributed by atoms with Crippen molar-refractivity contribution in [2.45, 2.75) is 0 Å². The van der Waals surface area contributed by atoms with E-state index in [1.54, 1.807) is 19.2 Å². The lowest BCUT2D eigenvalue weighted by atomic mass is 10.0. The first kappa shape index (κ1) is 18.6. The summed E-state index contributed by atoms with van der Waals surface area (Å²) >= 11 is 5.31. The average Bonchev–Trinajstić information content (AvgIpc) is 2.67. The van der Waals surface area contributed by atoms with Crippen LogP contribution in [0, 0.1) is 5.92 Å². The number of amides is 2. The predicted molar refractivity (Wildman–Crippen MR) is 105 cm³/mol. The number of carbonyl (C=O) groups is 2. The molecule has 0 aliphatic carbocycles. The Labute approximate surface area is 158 Å². The Hall–Kier alpha value is -2.16. The third-order valence-corrected chi connectivity index (χ3v) is 5.04. The SMILES string of the molecule is CN1C(=O)[C@@H](C=NCCN2CCNCC2)C(=O)N(c2ccccc2)C1=S. The van der Waals surface area contributed by atoms with Crippen LogP contribution in [0.4, 0.5) is 5.69 Å². The van der Waals surface area contributed by atoms with Gasteiger partial charge in [-0.25, -0.2) is 0 Å². The zero-order valence-electron chi connectivity index (χ0n) is 14.8. The first-order valence-corrected chi connectivity index (χ1v) is 9.14. The maximum absolute atomic E-state index is 12.9. The number of benzene rings is 1. The Morgan fingerprint density at radius 3 is 2.58 bits per heavy atom. The molecular formula is C18H23N5O2S. The van der Waals surface area contributed by atoms with Crippen molar-refractivity contribution in [1.29, 1.82) is 0 Å². The highest BCUT2D eigenvalue weighted by atomic mass is 32.1. The molecule has 0 bridgehead atoms. The topological polar surface area (TPSA) is 68.2 Å². The van der Waals surface area contributed by atoms with Crippen LogP contribution in [0.3, 0.4) is 0 Å². The first-order valence-electron chi connectivity index (χ1n) is 8.73. The minimum absolute atomic E-state index is 0.191. The Kier molecular flexibility index (Phi) is 6.08. The minimum atomic E-state index is -0.935. The van der Waals surface area contributed by atoms with Gasteiger partial charge in [-0.3, -0.25) is 29.3 Å². The van der Waals surface area contributed by atoms with Crippen LogP contribution in [0.25, 0.3) is 0 Å². The molecule has 3 rings (SSSR count). The number of rotatable bonds is 5. The summed E-state index contributed by atoms with van der Waals surface area (Å²) in [5.74, 6) is -1.62. The van der Waals surface area contributed by atoms with E-state index >= 15 is 0 Å². The Bertz CT molecular complexity index is 703. The lowest BCUT2D eigenvalue weighted by Crippen LogP contribution is -2.59. The number of nitrogens with one attached hydrogen (secondary N) is 1. The van der Waals surface area contributed by atoms with E-state index in [1.165, 1.54) is 16.0 Å². The number of piperazine rings is 1. The second kappa shape index (κ2) is 8.48. The number of para-hydroxylation sites is 1. The number of hydrogen-bond donors (Lipinski definition) is 1. The zero-order valence-corrected chi connectivity index (χ0v) is 15.6. The van der Waals surface area contributed by atoms with Crippen molar-refractivity contribution in [2.75, 3.05) is 51.2 Å². The highest BCUT2D eigenvalue weighted by molar-refractivity contribution is 7.80. The monoisotopic (exact) mass is 373 g/mol. The van der Waals surface area contributed by atoms with Crippen LogP contribution in [-0.2, 0) is 9.59 Å². The summed E-state index contributed by atoms with van der Waals surface area (Å²) in [6, 6.07) is 9.13. The molecular weight excluding hydrogens is 350 g/mol. The van der Waals surface area contributed by atoms with E-state index in [-0.39, 0.29) is 16.9 Å². The summed E-state index contributed by atoms with van der Waals surface area (Å²) in [7, 11) is 1.59. The summed E-state index contributed by atoms with van der Waals surface area (Å²) in [5, 5.41) is 3.50. The molecule has 2 amide bonds. The van der Waals surface area contributed by atoms with Crippen LogP contribution in [0.1, 0.15) is 0 Å². The summed E-state index contributed by atoms with van der Waals surface area (Å²) in [4.78, 5) is 34.8. The quantitative estimate of drug-likeness (QED) is 0.459. The molecule has 2 aliphatic heterocycles. The molecule has 1 atom stereocenters. The molecule has 1 aromatic rings. The molecule has 26 heavy (non-hydrogen) atoms. The van der Waals surface area contributed by atoms with Gasteiger partial charge in [-0.05, 0) is 24.4 Å². The summed E-state index contributed by atoms with van der Waals surface area (Å²) in [6.07, 6.45) is 1.47. The van der Waals surface area contributed by atoms with Crippen molar-refractivity contribution >= 4 is 41.0 Å². The molecule has 1 N–H and O–H groups in total. The molecule has 2 heterocycles. The van der Waals surface area contributed by atoms with Gasteiger partial charge in [0.05, 0.1) is 12.2 Å². The molecule has 0 aromatic heterocycles. The van der Waals surface area contributed by atoms with Crippen molar-refractivity contribution in [2.24, 2.45) is 10.9 Å². The molecule has 2 saturated heterocycles. The highest BCUT2D eigenvalue weighted by Crippen LogP contribution is 2.23. The molecule has 138 valence electrons. The fourth-order valence-corrected chi connectivity index (χ4v) is 3.33.